The minimum absolute atomic E-state index is 0.0196. The molecular weight excluding hydrogens is 274 g/mol. The van der Waals surface area contributed by atoms with Crippen molar-refractivity contribution in [1.29, 1.82) is 0 Å². The quantitative estimate of drug-likeness (QED) is 0.876. The molecule has 0 saturated carbocycles. The van der Waals surface area contributed by atoms with Crippen molar-refractivity contribution in [2.24, 2.45) is 0 Å². The van der Waals surface area contributed by atoms with E-state index in [0.29, 0.717) is 5.75 Å². The van der Waals surface area contributed by atoms with Crippen molar-refractivity contribution < 1.29 is 9.53 Å². The SMILES string of the molecule is CCC(NC(=O)COc1ccccc1)c1ccc(C)c(C)c1. The maximum Gasteiger partial charge on any atom is 0.258 e. The summed E-state index contributed by atoms with van der Waals surface area (Å²) in [7, 11) is 0. The summed E-state index contributed by atoms with van der Waals surface area (Å²) in [6, 6.07) is 15.7. The van der Waals surface area contributed by atoms with Gasteiger partial charge in [-0.25, -0.2) is 0 Å². The van der Waals surface area contributed by atoms with Crippen molar-refractivity contribution in [1.82, 2.24) is 5.32 Å². The lowest BCUT2D eigenvalue weighted by atomic mass is 9.99. The molecule has 22 heavy (non-hydrogen) atoms. The molecule has 1 unspecified atom stereocenters. The second kappa shape index (κ2) is 7.64. The zero-order valence-electron chi connectivity index (χ0n) is 13.4. The van der Waals surface area contributed by atoms with Crippen LogP contribution in [0.1, 0.15) is 36.1 Å². The van der Waals surface area contributed by atoms with Crippen LogP contribution in [0.15, 0.2) is 48.5 Å². The van der Waals surface area contributed by atoms with Gasteiger partial charge < -0.3 is 10.1 Å². The second-order valence-corrected chi connectivity index (χ2v) is 5.47. The van der Waals surface area contributed by atoms with Gasteiger partial charge >= 0.3 is 0 Å². The third-order valence-corrected chi connectivity index (χ3v) is 3.79. The Balaban J connectivity index is 1.94. The lowest BCUT2D eigenvalue weighted by Gasteiger charge is -2.18. The van der Waals surface area contributed by atoms with Gasteiger partial charge in [0, 0.05) is 0 Å². The summed E-state index contributed by atoms with van der Waals surface area (Å²) in [6.07, 6.45) is 0.847. The van der Waals surface area contributed by atoms with Gasteiger partial charge in [0.25, 0.3) is 5.91 Å². The first-order valence-corrected chi connectivity index (χ1v) is 7.64. The first kappa shape index (κ1) is 16.1. The van der Waals surface area contributed by atoms with Crippen LogP contribution in [0.3, 0.4) is 0 Å². The summed E-state index contributed by atoms with van der Waals surface area (Å²) in [5.41, 5.74) is 3.64. The first-order valence-electron chi connectivity index (χ1n) is 7.64. The Kier molecular flexibility index (Phi) is 5.59. The van der Waals surface area contributed by atoms with E-state index >= 15 is 0 Å². The maximum absolute atomic E-state index is 12.1. The standard InChI is InChI=1S/C19H23NO2/c1-4-18(16-11-10-14(2)15(3)12-16)20-19(21)13-22-17-8-6-5-7-9-17/h5-12,18H,4,13H2,1-3H3,(H,20,21). The van der Waals surface area contributed by atoms with Crippen molar-refractivity contribution >= 4 is 5.91 Å². The largest absolute Gasteiger partial charge is 0.484 e. The zero-order valence-corrected chi connectivity index (χ0v) is 13.4. The highest BCUT2D eigenvalue weighted by Gasteiger charge is 2.13. The Bertz CT molecular complexity index is 623. The van der Waals surface area contributed by atoms with Gasteiger partial charge in [-0.2, -0.15) is 0 Å². The molecule has 0 saturated heterocycles. The molecule has 0 heterocycles. The highest BCUT2D eigenvalue weighted by molar-refractivity contribution is 5.78. The van der Waals surface area contributed by atoms with Crippen LogP contribution in [0.4, 0.5) is 0 Å². The summed E-state index contributed by atoms with van der Waals surface area (Å²) in [5.74, 6) is 0.603. The van der Waals surface area contributed by atoms with E-state index in [-0.39, 0.29) is 18.6 Å². The zero-order chi connectivity index (χ0) is 15.9. The van der Waals surface area contributed by atoms with E-state index in [9.17, 15) is 4.79 Å². The molecule has 0 aromatic heterocycles. The average molecular weight is 297 g/mol. The lowest BCUT2D eigenvalue weighted by molar-refractivity contribution is -0.123. The van der Waals surface area contributed by atoms with Crippen LogP contribution in [0.5, 0.6) is 5.75 Å². The summed E-state index contributed by atoms with van der Waals surface area (Å²) >= 11 is 0. The molecule has 2 rings (SSSR count). The number of aryl methyl sites for hydroxylation is 2. The van der Waals surface area contributed by atoms with Crippen LogP contribution in [0.2, 0.25) is 0 Å². The van der Waals surface area contributed by atoms with Crippen molar-refractivity contribution in [3.63, 3.8) is 0 Å². The number of amides is 1. The number of hydrogen-bond donors (Lipinski definition) is 1. The smallest absolute Gasteiger partial charge is 0.258 e. The Hall–Kier alpha value is -2.29. The van der Waals surface area contributed by atoms with Crippen LogP contribution in [0, 0.1) is 13.8 Å². The summed E-state index contributed by atoms with van der Waals surface area (Å²) in [6.45, 7) is 6.28. The fraction of sp³-hybridized carbons (Fsp3) is 0.316. The maximum atomic E-state index is 12.1. The molecule has 0 aliphatic heterocycles. The number of ether oxygens (including phenoxy) is 1. The molecule has 3 heteroatoms. The van der Waals surface area contributed by atoms with Crippen molar-refractivity contribution in [3.8, 4) is 5.75 Å². The molecule has 0 spiro atoms. The van der Waals surface area contributed by atoms with E-state index in [2.05, 4.69) is 44.3 Å². The third kappa shape index (κ3) is 4.35. The number of para-hydroxylation sites is 1. The van der Waals surface area contributed by atoms with E-state index in [1.54, 1.807) is 0 Å². The molecule has 0 aliphatic carbocycles. The predicted molar refractivity (Wildman–Crippen MR) is 89.0 cm³/mol. The number of rotatable bonds is 6. The van der Waals surface area contributed by atoms with E-state index in [1.165, 1.54) is 11.1 Å². The third-order valence-electron chi connectivity index (χ3n) is 3.79. The Morgan fingerprint density at radius 1 is 1.09 bits per heavy atom. The number of carbonyl (C=O) groups excluding carboxylic acids is 1. The van der Waals surface area contributed by atoms with Gasteiger partial charge in [0.15, 0.2) is 6.61 Å². The summed E-state index contributed by atoms with van der Waals surface area (Å²) in [5, 5.41) is 3.04. The highest BCUT2D eigenvalue weighted by Crippen LogP contribution is 2.19. The average Bonchev–Trinajstić information content (AvgIpc) is 2.54. The topological polar surface area (TPSA) is 38.3 Å². The minimum Gasteiger partial charge on any atom is -0.484 e. The molecule has 0 aliphatic rings. The first-order chi connectivity index (χ1) is 10.6. The number of hydrogen-bond acceptors (Lipinski definition) is 2. The molecule has 1 amide bonds. The van der Waals surface area contributed by atoms with Crippen LogP contribution in [0.25, 0.3) is 0 Å². The van der Waals surface area contributed by atoms with Gasteiger partial charge in [-0.3, -0.25) is 4.79 Å². The van der Waals surface area contributed by atoms with E-state index in [4.69, 9.17) is 4.74 Å². The van der Waals surface area contributed by atoms with E-state index in [0.717, 1.165) is 12.0 Å². The van der Waals surface area contributed by atoms with E-state index in [1.807, 2.05) is 30.3 Å². The lowest BCUT2D eigenvalue weighted by Crippen LogP contribution is -2.32. The normalized spacial score (nSPS) is 11.8. The monoisotopic (exact) mass is 297 g/mol. The molecule has 1 atom stereocenters. The van der Waals surface area contributed by atoms with Crippen LogP contribution in [-0.4, -0.2) is 12.5 Å². The van der Waals surface area contributed by atoms with Gasteiger partial charge in [-0.15, -0.1) is 0 Å². The molecule has 2 aromatic rings. The van der Waals surface area contributed by atoms with Crippen molar-refractivity contribution in [2.45, 2.75) is 33.2 Å². The van der Waals surface area contributed by atoms with Gasteiger partial charge in [0.2, 0.25) is 0 Å². The van der Waals surface area contributed by atoms with Crippen LogP contribution >= 0.6 is 0 Å². The second-order valence-electron chi connectivity index (χ2n) is 5.47. The Labute approximate surface area is 132 Å². The minimum atomic E-state index is -0.103. The van der Waals surface area contributed by atoms with Crippen molar-refractivity contribution in [3.05, 3.63) is 65.2 Å². The molecule has 3 nitrogen and oxygen atoms in total. The predicted octanol–water partition coefficient (Wildman–Crippen LogP) is 3.95. The molecular formula is C19H23NO2. The van der Waals surface area contributed by atoms with Gasteiger partial charge in [0.05, 0.1) is 6.04 Å². The van der Waals surface area contributed by atoms with Gasteiger partial charge in [-0.05, 0) is 49.1 Å². The van der Waals surface area contributed by atoms with Crippen LogP contribution < -0.4 is 10.1 Å². The number of carbonyl (C=O) groups is 1. The molecule has 2 aromatic carbocycles. The summed E-state index contributed by atoms with van der Waals surface area (Å²) in [4.78, 5) is 12.1. The fourth-order valence-electron chi connectivity index (χ4n) is 2.30. The Morgan fingerprint density at radius 3 is 2.45 bits per heavy atom. The molecule has 116 valence electrons. The molecule has 1 N–H and O–H groups in total. The highest BCUT2D eigenvalue weighted by atomic mass is 16.5. The number of nitrogens with one attached hydrogen (secondary N) is 1. The summed E-state index contributed by atoms with van der Waals surface area (Å²) < 4.78 is 5.48. The van der Waals surface area contributed by atoms with Crippen molar-refractivity contribution in [2.75, 3.05) is 6.61 Å². The van der Waals surface area contributed by atoms with Gasteiger partial charge in [-0.1, -0.05) is 43.3 Å². The van der Waals surface area contributed by atoms with Gasteiger partial charge in [0.1, 0.15) is 5.75 Å². The Morgan fingerprint density at radius 2 is 1.82 bits per heavy atom. The molecule has 0 radical (unpaired) electrons. The molecule has 0 fully saturated rings. The fourth-order valence-corrected chi connectivity index (χ4v) is 2.30. The van der Waals surface area contributed by atoms with Crippen LogP contribution in [-0.2, 0) is 4.79 Å². The van der Waals surface area contributed by atoms with E-state index < -0.39 is 0 Å². The number of benzene rings is 2. The molecule has 0 bridgehead atoms.